The molecule has 9 nitrogen and oxygen atoms in total. The second-order valence-corrected chi connectivity index (χ2v) is 12.0. The van der Waals surface area contributed by atoms with Crippen molar-refractivity contribution in [1.82, 2.24) is 10.2 Å². The predicted molar refractivity (Wildman–Crippen MR) is 151 cm³/mol. The molecule has 0 spiro atoms. The van der Waals surface area contributed by atoms with E-state index in [4.69, 9.17) is 9.90 Å². The molecule has 2 fully saturated rings. The molecule has 0 bridgehead atoms. The summed E-state index contributed by atoms with van der Waals surface area (Å²) in [6, 6.07) is 12.5. The van der Waals surface area contributed by atoms with Crippen LogP contribution in [0, 0.1) is 5.92 Å². The quantitative estimate of drug-likeness (QED) is 0.434. The summed E-state index contributed by atoms with van der Waals surface area (Å²) in [4.78, 5) is 26.4. The number of hydrogen-bond donors (Lipinski definition) is 3. The van der Waals surface area contributed by atoms with Crippen LogP contribution in [-0.4, -0.2) is 75.7 Å². The van der Waals surface area contributed by atoms with Crippen molar-refractivity contribution >= 4 is 33.3 Å². The van der Waals surface area contributed by atoms with Crippen molar-refractivity contribution < 1.29 is 36.3 Å². The lowest BCUT2D eigenvalue weighted by molar-refractivity contribution is -0.192. The molecule has 1 amide bonds. The molecule has 41 heavy (non-hydrogen) atoms. The fourth-order valence-electron chi connectivity index (χ4n) is 4.82. The van der Waals surface area contributed by atoms with E-state index in [2.05, 4.69) is 28.8 Å². The highest BCUT2D eigenvalue weighted by molar-refractivity contribution is 7.92. The van der Waals surface area contributed by atoms with Gasteiger partial charge in [0.05, 0.1) is 16.3 Å². The lowest BCUT2D eigenvalue weighted by Crippen LogP contribution is -2.44. The lowest BCUT2D eigenvalue weighted by atomic mass is 9.99. The van der Waals surface area contributed by atoms with E-state index in [9.17, 15) is 26.4 Å². The predicted octanol–water partition coefficient (Wildman–Crippen LogP) is 4.35. The number of carboxylic acid groups (broad SMARTS) is 1. The molecule has 0 saturated carbocycles. The van der Waals surface area contributed by atoms with Gasteiger partial charge in [0.15, 0.2) is 0 Å². The van der Waals surface area contributed by atoms with E-state index >= 15 is 0 Å². The average Bonchev–Trinajstić information content (AvgIpc) is 2.93. The van der Waals surface area contributed by atoms with Crippen molar-refractivity contribution in [3.63, 3.8) is 0 Å². The van der Waals surface area contributed by atoms with Crippen molar-refractivity contribution in [2.24, 2.45) is 5.92 Å². The Balaban J connectivity index is 0.000000587. The van der Waals surface area contributed by atoms with Gasteiger partial charge in [-0.15, -0.1) is 0 Å². The Morgan fingerprint density at radius 1 is 1.07 bits per heavy atom. The number of amides is 1. The molecular weight excluding hydrogens is 561 g/mol. The van der Waals surface area contributed by atoms with E-state index in [1.807, 2.05) is 29.2 Å². The number of carbonyl (C=O) groups excluding carboxylic acids is 1. The number of piperazine rings is 1. The van der Waals surface area contributed by atoms with Gasteiger partial charge in [-0.1, -0.05) is 32.4 Å². The Kier molecular flexibility index (Phi) is 11.0. The second-order valence-electron chi connectivity index (χ2n) is 10.3. The maximum atomic E-state index is 13.3. The number of alkyl halides is 3. The van der Waals surface area contributed by atoms with Crippen molar-refractivity contribution in [2.45, 2.75) is 50.6 Å². The highest BCUT2D eigenvalue weighted by Gasteiger charge is 2.38. The standard InChI is InChI=1S/C26H36N4O3S.C2HF3O2/c1-3-5-21-7-10-23(11-8-21)34(32,33)28-24-18-22(26(31)30-15-4-6-20(2)19-30)9-12-25(24)29-16-13-27-14-17-29;3-2(4,5)1(6)7/h7-12,18,20,27-28H,3-6,13-17,19H2,1-2H3;(H,6,7). The zero-order chi connectivity index (χ0) is 30.2. The van der Waals surface area contributed by atoms with Gasteiger partial charge >= 0.3 is 12.1 Å². The van der Waals surface area contributed by atoms with Crippen LogP contribution >= 0.6 is 0 Å². The molecule has 2 saturated heterocycles. The number of benzene rings is 2. The number of nitrogens with zero attached hydrogens (tertiary/aromatic N) is 2. The van der Waals surface area contributed by atoms with Gasteiger partial charge in [-0.2, -0.15) is 13.2 Å². The fraction of sp³-hybridized carbons (Fsp3) is 0.500. The molecule has 0 aliphatic carbocycles. The molecule has 2 heterocycles. The summed E-state index contributed by atoms with van der Waals surface area (Å²) in [6.07, 6.45) is -1.03. The summed E-state index contributed by atoms with van der Waals surface area (Å²) in [6.45, 7) is 8.96. The van der Waals surface area contributed by atoms with Gasteiger partial charge in [0, 0.05) is 44.8 Å². The van der Waals surface area contributed by atoms with Crippen LogP contribution in [0.25, 0.3) is 0 Å². The Morgan fingerprint density at radius 2 is 1.71 bits per heavy atom. The number of hydrogen-bond acceptors (Lipinski definition) is 6. The molecule has 4 rings (SSSR count). The van der Waals surface area contributed by atoms with Gasteiger partial charge in [0.25, 0.3) is 15.9 Å². The first kappa shape index (κ1) is 32.2. The number of anilines is 2. The van der Waals surface area contributed by atoms with Crippen LogP contribution < -0.4 is 14.9 Å². The molecule has 2 aliphatic heterocycles. The topological polar surface area (TPSA) is 119 Å². The van der Waals surface area contributed by atoms with Crippen LogP contribution in [0.2, 0.25) is 0 Å². The number of aliphatic carboxylic acids is 1. The van der Waals surface area contributed by atoms with Gasteiger partial charge in [0.1, 0.15) is 0 Å². The number of halogens is 3. The first-order chi connectivity index (χ1) is 19.3. The minimum Gasteiger partial charge on any atom is -0.475 e. The van der Waals surface area contributed by atoms with E-state index in [-0.39, 0.29) is 10.8 Å². The van der Waals surface area contributed by atoms with Crippen molar-refractivity contribution in [3.8, 4) is 0 Å². The molecule has 13 heteroatoms. The monoisotopic (exact) mass is 598 g/mol. The molecule has 1 atom stereocenters. The second kappa shape index (κ2) is 14.0. The molecule has 226 valence electrons. The molecule has 2 aromatic carbocycles. The number of piperidine rings is 1. The number of rotatable bonds is 7. The number of likely N-dealkylation sites (tertiary alicyclic amines) is 1. The Hall–Kier alpha value is -3.32. The third kappa shape index (κ3) is 9.09. The third-order valence-electron chi connectivity index (χ3n) is 6.90. The van der Waals surface area contributed by atoms with Crippen molar-refractivity contribution in [1.29, 1.82) is 0 Å². The maximum absolute atomic E-state index is 13.3. The van der Waals surface area contributed by atoms with E-state index in [0.717, 1.165) is 76.2 Å². The number of sulfonamides is 1. The van der Waals surface area contributed by atoms with Gasteiger partial charge < -0.3 is 20.2 Å². The van der Waals surface area contributed by atoms with Gasteiger partial charge in [-0.25, -0.2) is 13.2 Å². The van der Waals surface area contributed by atoms with Crippen LogP contribution in [-0.2, 0) is 21.2 Å². The Bertz CT molecular complexity index is 1300. The minimum absolute atomic E-state index is 0.0391. The van der Waals surface area contributed by atoms with Crippen molar-refractivity contribution in [2.75, 3.05) is 48.9 Å². The average molecular weight is 599 g/mol. The number of carboxylic acids is 1. The summed E-state index contributed by atoms with van der Waals surface area (Å²) in [5.41, 5.74) is 2.89. The Labute approximate surface area is 238 Å². The van der Waals surface area contributed by atoms with E-state index in [0.29, 0.717) is 17.2 Å². The highest BCUT2D eigenvalue weighted by atomic mass is 32.2. The summed E-state index contributed by atoms with van der Waals surface area (Å²) in [5, 5.41) is 10.5. The number of nitrogens with one attached hydrogen (secondary N) is 2. The fourth-order valence-corrected chi connectivity index (χ4v) is 5.88. The zero-order valence-corrected chi connectivity index (χ0v) is 24.0. The van der Waals surface area contributed by atoms with Crippen molar-refractivity contribution in [3.05, 3.63) is 53.6 Å². The SMILES string of the molecule is CCCc1ccc(S(=O)(=O)Nc2cc(C(=O)N3CCCC(C)C3)ccc2N2CCNCC2)cc1.O=C(O)C(F)(F)F. The summed E-state index contributed by atoms with van der Waals surface area (Å²) < 4.78 is 61.1. The van der Waals surface area contributed by atoms with Gasteiger partial charge in [-0.3, -0.25) is 9.52 Å². The smallest absolute Gasteiger partial charge is 0.475 e. The number of carbonyl (C=O) groups is 2. The first-order valence-electron chi connectivity index (χ1n) is 13.6. The summed E-state index contributed by atoms with van der Waals surface area (Å²) in [7, 11) is -3.80. The van der Waals surface area contributed by atoms with Crippen LogP contribution in [0.3, 0.4) is 0 Å². The lowest BCUT2D eigenvalue weighted by Gasteiger charge is -2.33. The zero-order valence-electron chi connectivity index (χ0n) is 23.2. The highest BCUT2D eigenvalue weighted by Crippen LogP contribution is 2.31. The maximum Gasteiger partial charge on any atom is 0.490 e. The van der Waals surface area contributed by atoms with E-state index < -0.39 is 22.2 Å². The minimum atomic E-state index is -5.08. The molecule has 0 radical (unpaired) electrons. The van der Waals surface area contributed by atoms with E-state index in [1.165, 1.54) is 0 Å². The normalized spacial score (nSPS) is 17.8. The van der Waals surface area contributed by atoms with E-state index in [1.54, 1.807) is 18.2 Å². The molecule has 0 aromatic heterocycles. The molecule has 1 unspecified atom stereocenters. The molecular formula is C28H37F3N4O5S. The molecule has 3 N–H and O–H groups in total. The van der Waals surface area contributed by atoms with Crippen LogP contribution in [0.4, 0.5) is 24.5 Å². The van der Waals surface area contributed by atoms with Crippen LogP contribution in [0.1, 0.15) is 49.0 Å². The van der Waals surface area contributed by atoms with Gasteiger partial charge in [-0.05, 0) is 61.1 Å². The molecule has 2 aliphatic rings. The summed E-state index contributed by atoms with van der Waals surface area (Å²) >= 11 is 0. The molecule has 2 aromatic rings. The summed E-state index contributed by atoms with van der Waals surface area (Å²) in [5.74, 6) is -2.32. The van der Waals surface area contributed by atoms with Crippen LogP contribution in [0.5, 0.6) is 0 Å². The third-order valence-corrected chi connectivity index (χ3v) is 8.29. The van der Waals surface area contributed by atoms with Crippen LogP contribution in [0.15, 0.2) is 47.4 Å². The Morgan fingerprint density at radius 3 is 2.27 bits per heavy atom. The largest absolute Gasteiger partial charge is 0.490 e. The van der Waals surface area contributed by atoms with Gasteiger partial charge in [0.2, 0.25) is 0 Å². The number of aryl methyl sites for hydroxylation is 1. The first-order valence-corrected chi connectivity index (χ1v) is 15.1.